The number of methoxy groups -OCH3 is 1. The lowest BCUT2D eigenvalue weighted by Crippen LogP contribution is -2.36. The molecule has 2 aliphatic heterocycles. The Bertz CT molecular complexity index is 952. The molecule has 0 aliphatic carbocycles. The Morgan fingerprint density at radius 1 is 1.38 bits per heavy atom. The standard InChI is InChI=1S/C15H14FN5O3/c1-24-6-5-17-14-18-8-11-12(19-14)20-15(23)21(13(11)22)10-4-2-3-9(16)7-10/h2-4,7-8H,5-6H2,1H3,(H2,17,18,19,20,23). The predicted octanol–water partition coefficient (Wildman–Crippen LogP) is 0.618. The second-order valence-corrected chi connectivity index (χ2v) is 4.93. The van der Waals surface area contributed by atoms with E-state index >= 15 is 0 Å². The van der Waals surface area contributed by atoms with E-state index in [4.69, 9.17) is 4.74 Å². The molecule has 2 N–H and O–H groups in total. The SMILES string of the molecule is COCCNc1ncc2c(=O)n(-c3cccc(F)c3)c(=O)nc-2[nH]1. The van der Waals surface area contributed by atoms with E-state index in [2.05, 4.69) is 20.3 Å². The molecule has 2 aliphatic rings. The molecular formula is C15H14FN5O3. The number of halogens is 1. The highest BCUT2D eigenvalue weighted by molar-refractivity contribution is 5.56. The van der Waals surface area contributed by atoms with Crippen LogP contribution in [0.3, 0.4) is 0 Å². The Hall–Kier alpha value is -3.07. The molecule has 0 bridgehead atoms. The third-order valence-electron chi connectivity index (χ3n) is 3.31. The Labute approximate surface area is 135 Å². The van der Waals surface area contributed by atoms with Crippen LogP contribution in [0, 0.1) is 5.82 Å². The van der Waals surface area contributed by atoms with Gasteiger partial charge in [0.2, 0.25) is 5.95 Å². The average Bonchev–Trinajstić information content (AvgIpc) is 2.55. The van der Waals surface area contributed by atoms with Crippen molar-refractivity contribution in [3.63, 3.8) is 0 Å². The fraction of sp³-hybridized carbons (Fsp3) is 0.200. The van der Waals surface area contributed by atoms with E-state index < -0.39 is 17.1 Å². The van der Waals surface area contributed by atoms with Gasteiger partial charge >= 0.3 is 5.69 Å². The second-order valence-electron chi connectivity index (χ2n) is 4.93. The summed E-state index contributed by atoms with van der Waals surface area (Å²) in [6.45, 7) is 0.963. The molecule has 0 atom stereocenters. The van der Waals surface area contributed by atoms with Gasteiger partial charge in [0.25, 0.3) is 5.56 Å². The van der Waals surface area contributed by atoms with Crippen molar-refractivity contribution in [1.29, 1.82) is 0 Å². The number of aromatic amines is 1. The lowest BCUT2D eigenvalue weighted by atomic mass is 10.2. The zero-order valence-electron chi connectivity index (χ0n) is 12.7. The Morgan fingerprint density at radius 3 is 2.96 bits per heavy atom. The summed E-state index contributed by atoms with van der Waals surface area (Å²) in [7, 11) is 1.57. The molecule has 0 unspecified atom stereocenters. The first-order chi connectivity index (χ1) is 11.6. The van der Waals surface area contributed by atoms with Gasteiger partial charge in [-0.15, -0.1) is 0 Å². The molecular weight excluding hydrogens is 317 g/mol. The molecule has 2 heterocycles. The number of H-pyrrole nitrogens is 1. The van der Waals surface area contributed by atoms with E-state index in [0.717, 1.165) is 10.6 Å². The molecule has 9 heteroatoms. The summed E-state index contributed by atoms with van der Waals surface area (Å²) in [5.41, 5.74) is -1.19. The summed E-state index contributed by atoms with van der Waals surface area (Å²) in [6.07, 6.45) is 1.31. The van der Waals surface area contributed by atoms with Gasteiger partial charge in [-0.1, -0.05) is 6.07 Å². The number of benzene rings is 1. The fourth-order valence-corrected chi connectivity index (χ4v) is 2.20. The minimum atomic E-state index is -0.802. The van der Waals surface area contributed by atoms with Gasteiger partial charge in [-0.2, -0.15) is 4.98 Å². The largest absolute Gasteiger partial charge is 0.383 e. The van der Waals surface area contributed by atoms with Gasteiger partial charge < -0.3 is 15.0 Å². The van der Waals surface area contributed by atoms with Gasteiger partial charge in [-0.05, 0) is 18.2 Å². The number of anilines is 1. The number of ether oxygens (including phenoxy) is 1. The summed E-state index contributed by atoms with van der Waals surface area (Å²) < 4.78 is 19.1. The van der Waals surface area contributed by atoms with Crippen LogP contribution >= 0.6 is 0 Å². The summed E-state index contributed by atoms with van der Waals surface area (Å²) in [6, 6.07) is 5.18. The molecule has 0 saturated heterocycles. The van der Waals surface area contributed by atoms with E-state index in [0.29, 0.717) is 19.1 Å². The zero-order chi connectivity index (χ0) is 17.1. The summed E-state index contributed by atoms with van der Waals surface area (Å²) in [5, 5.41) is 2.94. The molecule has 24 heavy (non-hydrogen) atoms. The van der Waals surface area contributed by atoms with E-state index in [1.165, 1.54) is 24.4 Å². The van der Waals surface area contributed by atoms with Crippen LogP contribution in [0.15, 0.2) is 40.1 Å². The van der Waals surface area contributed by atoms with Crippen molar-refractivity contribution in [2.75, 3.05) is 25.6 Å². The lowest BCUT2D eigenvalue weighted by molar-refractivity contribution is 0.210. The van der Waals surface area contributed by atoms with Crippen molar-refractivity contribution >= 4 is 5.95 Å². The first-order valence-corrected chi connectivity index (χ1v) is 7.11. The minimum absolute atomic E-state index is 0.104. The molecule has 0 aromatic heterocycles. The van der Waals surface area contributed by atoms with Crippen LogP contribution in [0.25, 0.3) is 17.1 Å². The number of nitrogens with zero attached hydrogens (tertiary/aromatic N) is 3. The van der Waals surface area contributed by atoms with E-state index in [9.17, 15) is 14.0 Å². The van der Waals surface area contributed by atoms with Crippen molar-refractivity contribution in [3.8, 4) is 17.1 Å². The van der Waals surface area contributed by atoms with Crippen molar-refractivity contribution < 1.29 is 9.13 Å². The predicted molar refractivity (Wildman–Crippen MR) is 85.2 cm³/mol. The highest BCUT2D eigenvalue weighted by Crippen LogP contribution is 2.13. The van der Waals surface area contributed by atoms with Crippen molar-refractivity contribution in [1.82, 2.24) is 19.5 Å². The summed E-state index contributed by atoms with van der Waals surface area (Å²) >= 11 is 0. The molecule has 124 valence electrons. The van der Waals surface area contributed by atoms with Crippen LogP contribution in [0.2, 0.25) is 0 Å². The van der Waals surface area contributed by atoms with Crippen LogP contribution in [-0.4, -0.2) is 39.8 Å². The molecule has 0 radical (unpaired) electrons. The van der Waals surface area contributed by atoms with E-state index in [-0.39, 0.29) is 17.1 Å². The summed E-state index contributed by atoms with van der Waals surface area (Å²) in [5.74, 6) is -0.0943. The van der Waals surface area contributed by atoms with Gasteiger partial charge in [0, 0.05) is 19.9 Å². The number of rotatable bonds is 5. The monoisotopic (exact) mass is 331 g/mol. The maximum absolute atomic E-state index is 13.4. The zero-order valence-corrected chi connectivity index (χ0v) is 12.7. The number of hydrogen-bond acceptors (Lipinski definition) is 6. The third kappa shape index (κ3) is 3.01. The van der Waals surface area contributed by atoms with E-state index in [1.54, 1.807) is 7.11 Å². The molecule has 0 amide bonds. The number of aromatic nitrogens is 4. The average molecular weight is 331 g/mol. The van der Waals surface area contributed by atoms with Gasteiger partial charge in [0.1, 0.15) is 11.4 Å². The Balaban J connectivity index is 2.09. The Kier molecular flexibility index (Phi) is 4.34. The molecule has 3 rings (SSSR count). The van der Waals surface area contributed by atoms with Crippen LogP contribution in [-0.2, 0) is 4.74 Å². The molecule has 0 fully saturated rings. The van der Waals surface area contributed by atoms with Crippen molar-refractivity contribution in [2.24, 2.45) is 0 Å². The van der Waals surface area contributed by atoms with Crippen LogP contribution in [0.5, 0.6) is 0 Å². The van der Waals surface area contributed by atoms with Crippen LogP contribution < -0.4 is 16.6 Å². The smallest absolute Gasteiger partial charge is 0.357 e. The van der Waals surface area contributed by atoms with Gasteiger partial charge in [0.15, 0.2) is 5.82 Å². The summed E-state index contributed by atoms with van der Waals surface area (Å²) in [4.78, 5) is 35.4. The quantitative estimate of drug-likeness (QED) is 0.665. The lowest BCUT2D eigenvalue weighted by Gasteiger charge is -2.11. The van der Waals surface area contributed by atoms with E-state index in [1.807, 2.05) is 0 Å². The van der Waals surface area contributed by atoms with Crippen LogP contribution in [0.4, 0.5) is 10.3 Å². The molecule has 0 saturated carbocycles. The van der Waals surface area contributed by atoms with Crippen molar-refractivity contribution in [3.05, 3.63) is 57.1 Å². The normalized spacial score (nSPS) is 10.9. The third-order valence-corrected chi connectivity index (χ3v) is 3.31. The molecule has 0 spiro atoms. The minimum Gasteiger partial charge on any atom is -0.383 e. The molecule has 8 nitrogen and oxygen atoms in total. The Morgan fingerprint density at radius 2 is 2.21 bits per heavy atom. The maximum Gasteiger partial charge on any atom is 0.357 e. The van der Waals surface area contributed by atoms with Crippen molar-refractivity contribution in [2.45, 2.75) is 0 Å². The highest BCUT2D eigenvalue weighted by Gasteiger charge is 2.17. The van der Waals surface area contributed by atoms with Gasteiger partial charge in [-0.3, -0.25) is 4.79 Å². The first-order valence-electron chi connectivity index (χ1n) is 7.11. The molecule has 1 aromatic rings. The van der Waals surface area contributed by atoms with Gasteiger partial charge in [-0.25, -0.2) is 18.7 Å². The maximum atomic E-state index is 13.4. The number of hydrogen-bond donors (Lipinski definition) is 2. The van der Waals surface area contributed by atoms with Gasteiger partial charge in [0.05, 0.1) is 12.3 Å². The molecule has 1 aromatic carbocycles. The second kappa shape index (κ2) is 6.59. The highest BCUT2D eigenvalue weighted by atomic mass is 19.1. The van der Waals surface area contributed by atoms with Crippen LogP contribution in [0.1, 0.15) is 0 Å². The number of fused-ring (bicyclic) bond motifs is 1. The fourth-order valence-electron chi connectivity index (χ4n) is 2.20. The topological polar surface area (TPSA) is 102 Å². The first kappa shape index (κ1) is 15.8. The number of nitrogens with one attached hydrogen (secondary N) is 2.